The lowest BCUT2D eigenvalue weighted by molar-refractivity contribution is -0.384. The van der Waals surface area contributed by atoms with Gasteiger partial charge in [-0.1, -0.05) is 12.1 Å². The highest BCUT2D eigenvalue weighted by Gasteiger charge is 2.22. The number of ether oxygens (including phenoxy) is 1. The van der Waals surface area contributed by atoms with Crippen molar-refractivity contribution in [1.82, 2.24) is 5.32 Å². The molecule has 2 amide bonds. The molecule has 0 aliphatic rings. The third-order valence-corrected chi connectivity index (χ3v) is 3.86. The topological polar surface area (TPSA) is 125 Å². The fraction of sp³-hybridized carbons (Fsp3) is 0.222. The molecule has 0 unspecified atom stereocenters. The van der Waals surface area contributed by atoms with Crippen LogP contribution in [0.2, 0.25) is 0 Å². The number of hydrogen-bond donors (Lipinski definition) is 2. The highest BCUT2D eigenvalue weighted by Crippen LogP contribution is 2.25. The SMILES string of the molecule is COc1ccc([N+](=O)[O-])cc1C[C@@H](NC(=O)Cc1ccc(F)cc1)C(N)=O. The third kappa shape index (κ3) is 5.50. The second-order valence-corrected chi connectivity index (χ2v) is 5.78. The van der Waals surface area contributed by atoms with Gasteiger partial charge in [-0.2, -0.15) is 0 Å². The first-order valence-electron chi connectivity index (χ1n) is 7.94. The Morgan fingerprint density at radius 1 is 1.26 bits per heavy atom. The molecule has 0 aliphatic heterocycles. The lowest BCUT2D eigenvalue weighted by Crippen LogP contribution is -2.46. The zero-order valence-electron chi connectivity index (χ0n) is 14.5. The van der Waals surface area contributed by atoms with Crippen LogP contribution in [-0.4, -0.2) is 29.9 Å². The molecular weight excluding hydrogens is 357 g/mol. The van der Waals surface area contributed by atoms with Crippen molar-refractivity contribution >= 4 is 17.5 Å². The summed E-state index contributed by atoms with van der Waals surface area (Å²) in [4.78, 5) is 34.3. The van der Waals surface area contributed by atoms with E-state index in [0.29, 0.717) is 16.9 Å². The Balaban J connectivity index is 2.14. The van der Waals surface area contributed by atoms with E-state index in [2.05, 4.69) is 5.32 Å². The summed E-state index contributed by atoms with van der Waals surface area (Å²) in [6, 6.07) is 8.22. The number of halogens is 1. The van der Waals surface area contributed by atoms with Gasteiger partial charge >= 0.3 is 0 Å². The molecule has 0 bridgehead atoms. The number of nitro groups is 1. The van der Waals surface area contributed by atoms with Gasteiger partial charge in [0.2, 0.25) is 11.8 Å². The lowest BCUT2D eigenvalue weighted by atomic mass is 10.0. The molecule has 2 aromatic carbocycles. The van der Waals surface area contributed by atoms with Crippen molar-refractivity contribution in [3.8, 4) is 5.75 Å². The summed E-state index contributed by atoms with van der Waals surface area (Å²) in [5, 5.41) is 13.4. The van der Waals surface area contributed by atoms with Gasteiger partial charge in [-0.3, -0.25) is 19.7 Å². The third-order valence-electron chi connectivity index (χ3n) is 3.86. The molecule has 0 spiro atoms. The Morgan fingerprint density at radius 3 is 2.48 bits per heavy atom. The Kier molecular flexibility index (Phi) is 6.42. The number of amides is 2. The zero-order valence-corrected chi connectivity index (χ0v) is 14.5. The van der Waals surface area contributed by atoms with Crippen molar-refractivity contribution in [2.24, 2.45) is 5.73 Å². The molecule has 2 rings (SSSR count). The summed E-state index contributed by atoms with van der Waals surface area (Å²) >= 11 is 0. The number of nitrogens with zero attached hydrogens (tertiary/aromatic N) is 1. The number of non-ortho nitro benzene ring substituents is 1. The predicted octanol–water partition coefficient (Wildman–Crippen LogP) is 1.50. The van der Waals surface area contributed by atoms with E-state index in [1.807, 2.05) is 0 Å². The van der Waals surface area contributed by atoms with Crippen LogP contribution in [0.15, 0.2) is 42.5 Å². The second kappa shape index (κ2) is 8.75. The molecule has 0 saturated heterocycles. The van der Waals surface area contributed by atoms with Gasteiger partial charge in [0.1, 0.15) is 17.6 Å². The number of hydrogen-bond acceptors (Lipinski definition) is 5. The van der Waals surface area contributed by atoms with Crippen LogP contribution < -0.4 is 15.8 Å². The van der Waals surface area contributed by atoms with E-state index >= 15 is 0 Å². The van der Waals surface area contributed by atoms with E-state index in [9.17, 15) is 24.1 Å². The number of methoxy groups -OCH3 is 1. The minimum absolute atomic E-state index is 0.0733. The standard InChI is InChI=1S/C18H18FN3O5/c1-27-16-7-6-14(22(25)26)9-12(16)10-15(18(20)24)21-17(23)8-11-2-4-13(19)5-3-11/h2-7,9,15H,8,10H2,1H3,(H2,20,24)(H,21,23)/t15-/m1/s1. The monoisotopic (exact) mass is 375 g/mol. The molecule has 8 nitrogen and oxygen atoms in total. The normalized spacial score (nSPS) is 11.5. The Morgan fingerprint density at radius 2 is 1.93 bits per heavy atom. The van der Waals surface area contributed by atoms with Crippen molar-refractivity contribution in [3.63, 3.8) is 0 Å². The van der Waals surface area contributed by atoms with E-state index in [1.54, 1.807) is 0 Å². The summed E-state index contributed by atoms with van der Waals surface area (Å²) in [6.45, 7) is 0. The molecule has 142 valence electrons. The summed E-state index contributed by atoms with van der Waals surface area (Å²) < 4.78 is 18.1. The van der Waals surface area contributed by atoms with Crippen molar-refractivity contribution in [2.75, 3.05) is 7.11 Å². The molecule has 3 N–H and O–H groups in total. The number of nitrogens with two attached hydrogens (primary N) is 1. The number of carbonyl (C=O) groups excluding carboxylic acids is 2. The van der Waals surface area contributed by atoms with Crippen LogP contribution in [0.5, 0.6) is 5.75 Å². The van der Waals surface area contributed by atoms with Crippen LogP contribution in [0.25, 0.3) is 0 Å². The Hall–Kier alpha value is -3.49. The van der Waals surface area contributed by atoms with Crippen LogP contribution in [0, 0.1) is 15.9 Å². The first kappa shape index (κ1) is 19.8. The van der Waals surface area contributed by atoms with Crippen LogP contribution in [0.1, 0.15) is 11.1 Å². The molecule has 0 fully saturated rings. The fourth-order valence-electron chi connectivity index (χ4n) is 2.51. The van der Waals surface area contributed by atoms with Gasteiger partial charge < -0.3 is 15.8 Å². The van der Waals surface area contributed by atoms with Crippen molar-refractivity contribution in [2.45, 2.75) is 18.9 Å². The van der Waals surface area contributed by atoms with E-state index in [1.165, 1.54) is 49.6 Å². The quantitative estimate of drug-likeness (QED) is 0.534. The molecule has 0 aliphatic carbocycles. The van der Waals surface area contributed by atoms with Gasteiger partial charge in [-0.15, -0.1) is 0 Å². The van der Waals surface area contributed by atoms with Crippen LogP contribution in [0.4, 0.5) is 10.1 Å². The molecule has 0 saturated carbocycles. The molecule has 2 aromatic rings. The number of nitro benzene ring substituents is 1. The largest absolute Gasteiger partial charge is 0.496 e. The number of primary amides is 1. The van der Waals surface area contributed by atoms with Crippen LogP contribution in [0.3, 0.4) is 0 Å². The molecule has 0 radical (unpaired) electrons. The summed E-state index contributed by atoms with van der Waals surface area (Å²) in [6.07, 6.45) is -0.147. The smallest absolute Gasteiger partial charge is 0.269 e. The lowest BCUT2D eigenvalue weighted by Gasteiger charge is -2.17. The van der Waals surface area contributed by atoms with Gasteiger partial charge in [0.15, 0.2) is 0 Å². The average molecular weight is 375 g/mol. The first-order chi connectivity index (χ1) is 12.8. The van der Waals surface area contributed by atoms with E-state index in [0.717, 1.165) is 0 Å². The van der Waals surface area contributed by atoms with Crippen molar-refractivity contribution in [3.05, 3.63) is 69.5 Å². The number of rotatable bonds is 8. The maximum atomic E-state index is 12.9. The maximum absolute atomic E-state index is 12.9. The molecule has 9 heteroatoms. The minimum Gasteiger partial charge on any atom is -0.496 e. The number of benzene rings is 2. The fourth-order valence-corrected chi connectivity index (χ4v) is 2.51. The van der Waals surface area contributed by atoms with Gasteiger partial charge in [-0.05, 0) is 23.8 Å². The second-order valence-electron chi connectivity index (χ2n) is 5.78. The maximum Gasteiger partial charge on any atom is 0.269 e. The van der Waals surface area contributed by atoms with Gasteiger partial charge in [-0.25, -0.2) is 4.39 Å². The highest BCUT2D eigenvalue weighted by molar-refractivity contribution is 5.87. The van der Waals surface area contributed by atoms with Gasteiger partial charge in [0, 0.05) is 24.1 Å². The summed E-state index contributed by atoms with van der Waals surface area (Å²) in [5.74, 6) is -1.38. The average Bonchev–Trinajstić information content (AvgIpc) is 2.62. The van der Waals surface area contributed by atoms with Gasteiger partial charge in [0.25, 0.3) is 5.69 Å². The van der Waals surface area contributed by atoms with Crippen molar-refractivity contribution < 1.29 is 23.6 Å². The number of nitrogens with one attached hydrogen (secondary N) is 1. The molecule has 1 atom stereocenters. The molecule has 0 heterocycles. The highest BCUT2D eigenvalue weighted by atomic mass is 19.1. The van der Waals surface area contributed by atoms with Crippen molar-refractivity contribution in [1.29, 1.82) is 0 Å². The Bertz CT molecular complexity index is 855. The number of carbonyl (C=O) groups is 2. The Labute approximate surface area is 154 Å². The summed E-state index contributed by atoms with van der Waals surface area (Å²) in [7, 11) is 1.39. The molecule has 27 heavy (non-hydrogen) atoms. The molecule has 0 aromatic heterocycles. The van der Waals surface area contributed by atoms with E-state index in [4.69, 9.17) is 10.5 Å². The van der Waals surface area contributed by atoms with E-state index in [-0.39, 0.29) is 18.5 Å². The first-order valence-corrected chi connectivity index (χ1v) is 7.94. The summed E-state index contributed by atoms with van der Waals surface area (Å²) in [5.41, 5.74) is 6.10. The minimum atomic E-state index is -1.09. The van der Waals surface area contributed by atoms with Crippen LogP contribution >= 0.6 is 0 Å². The van der Waals surface area contributed by atoms with E-state index < -0.39 is 28.6 Å². The van der Waals surface area contributed by atoms with Gasteiger partial charge in [0.05, 0.1) is 18.5 Å². The zero-order chi connectivity index (χ0) is 20.0. The predicted molar refractivity (Wildman–Crippen MR) is 94.6 cm³/mol. The van der Waals surface area contributed by atoms with Crippen LogP contribution in [-0.2, 0) is 22.4 Å². The molecular formula is C18H18FN3O5.